The number of benzene rings is 1. The van der Waals surface area contributed by atoms with Crippen LogP contribution in [-0.4, -0.2) is 46.3 Å². The van der Waals surface area contributed by atoms with E-state index in [1.807, 2.05) is 0 Å². The zero-order chi connectivity index (χ0) is 26.0. The monoisotopic (exact) mass is 497 g/mol. The highest BCUT2D eigenvalue weighted by atomic mass is 19.2. The summed E-state index contributed by atoms with van der Waals surface area (Å²) in [4.78, 5) is 36.7. The number of nitrogens with zero attached hydrogens (tertiary/aromatic N) is 1. The third kappa shape index (κ3) is 7.15. The zero-order valence-electron chi connectivity index (χ0n) is 20.7. The summed E-state index contributed by atoms with van der Waals surface area (Å²) < 4.78 is 34.4. The first-order chi connectivity index (χ1) is 16.7. The molecule has 0 spiro atoms. The lowest BCUT2D eigenvalue weighted by molar-refractivity contribution is -0.164. The molecule has 0 heterocycles. The van der Waals surface area contributed by atoms with Gasteiger partial charge in [-0.3, -0.25) is 9.59 Å². The van der Waals surface area contributed by atoms with Crippen LogP contribution in [0.1, 0.15) is 88.7 Å². The molecule has 1 amide bonds. The number of carbonyl (C=O) groups is 3. The number of unbranched alkanes of at least 4 members (excludes halogenated alkanes) is 7. The molecule has 1 atom stereocenters. The van der Waals surface area contributed by atoms with Crippen molar-refractivity contribution < 1.29 is 38.1 Å². The van der Waals surface area contributed by atoms with Crippen LogP contribution < -0.4 is 0 Å². The van der Waals surface area contributed by atoms with E-state index in [0.717, 1.165) is 37.7 Å². The molecule has 1 aliphatic rings. The van der Waals surface area contributed by atoms with Crippen molar-refractivity contribution in [3.8, 4) is 0 Å². The van der Waals surface area contributed by atoms with Crippen molar-refractivity contribution in [1.82, 2.24) is 4.90 Å². The van der Waals surface area contributed by atoms with E-state index in [1.165, 1.54) is 37.8 Å². The Labute approximate surface area is 205 Å². The van der Waals surface area contributed by atoms with Crippen LogP contribution in [0, 0.1) is 17.0 Å². The zero-order valence-corrected chi connectivity index (χ0v) is 20.7. The van der Waals surface area contributed by atoms with Crippen LogP contribution in [-0.2, 0) is 27.3 Å². The highest BCUT2D eigenvalue weighted by Crippen LogP contribution is 2.42. The summed E-state index contributed by atoms with van der Waals surface area (Å²) in [6.45, 7) is 1.82. The minimum Gasteiger partial charge on any atom is -0.480 e. The van der Waals surface area contributed by atoms with E-state index in [2.05, 4.69) is 6.92 Å². The van der Waals surface area contributed by atoms with Crippen molar-refractivity contribution in [2.24, 2.45) is 5.41 Å². The quantitative estimate of drug-likeness (QED) is 0.244. The van der Waals surface area contributed by atoms with Gasteiger partial charge >= 0.3 is 18.0 Å². The first-order valence-electron chi connectivity index (χ1n) is 12.4. The van der Waals surface area contributed by atoms with Gasteiger partial charge in [0.25, 0.3) is 0 Å². The number of ether oxygens (including phenoxy) is 1. The number of aliphatic carboxylic acids is 2. The molecular weight excluding hydrogens is 460 g/mol. The van der Waals surface area contributed by atoms with Gasteiger partial charge < -0.3 is 19.8 Å². The van der Waals surface area contributed by atoms with E-state index in [4.69, 9.17) is 4.74 Å². The van der Waals surface area contributed by atoms with E-state index < -0.39 is 41.1 Å². The average molecular weight is 498 g/mol. The molecule has 0 saturated heterocycles. The molecule has 1 aliphatic carbocycles. The van der Waals surface area contributed by atoms with Gasteiger partial charge in [0.05, 0.1) is 13.7 Å². The van der Waals surface area contributed by atoms with E-state index in [1.54, 1.807) is 0 Å². The lowest BCUT2D eigenvalue weighted by Crippen LogP contribution is -2.42. The molecule has 1 fully saturated rings. The Bertz CT molecular complexity index is 877. The van der Waals surface area contributed by atoms with Gasteiger partial charge in [-0.1, -0.05) is 64.0 Å². The maximum absolute atomic E-state index is 14.9. The van der Waals surface area contributed by atoms with Crippen molar-refractivity contribution in [2.75, 3.05) is 7.11 Å². The fraction of sp³-hybridized carbons (Fsp3) is 0.654. The van der Waals surface area contributed by atoms with E-state index >= 15 is 0 Å². The van der Waals surface area contributed by atoms with Gasteiger partial charge in [-0.15, -0.1) is 0 Å². The van der Waals surface area contributed by atoms with Crippen molar-refractivity contribution in [2.45, 2.75) is 96.6 Å². The van der Waals surface area contributed by atoms with Gasteiger partial charge in [0.15, 0.2) is 17.0 Å². The minimum atomic E-state index is -2.03. The number of hydrogen-bond acceptors (Lipinski definition) is 4. The second kappa shape index (κ2) is 13.4. The Balaban J connectivity index is 2.04. The van der Waals surface area contributed by atoms with Gasteiger partial charge in [-0.05, 0) is 37.7 Å². The van der Waals surface area contributed by atoms with E-state index in [0.29, 0.717) is 6.42 Å². The molecule has 1 saturated carbocycles. The first-order valence-corrected chi connectivity index (χ1v) is 12.4. The standard InChI is InChI=1S/C26H37F2NO6/c1-3-4-5-6-7-8-9-10-11-18-12-13-19(22(28)21(18)27)17-29(25(34)35-2)20-14-15-26(16-20,23(30)31)24(32)33/h12-13,20H,3-11,14-17H2,1-2H3,(H,30,31)(H,32,33). The number of hydrogen-bond donors (Lipinski definition) is 2. The Hall–Kier alpha value is -2.71. The lowest BCUT2D eigenvalue weighted by atomic mass is 9.86. The Morgan fingerprint density at radius 2 is 1.51 bits per heavy atom. The summed E-state index contributed by atoms with van der Waals surface area (Å²) in [6, 6.07) is 2.14. The first kappa shape index (κ1) is 28.5. The molecule has 1 aromatic carbocycles. The van der Waals surface area contributed by atoms with Gasteiger partial charge in [0.2, 0.25) is 0 Å². The number of carboxylic acid groups (broad SMARTS) is 2. The predicted octanol–water partition coefficient (Wildman–Crippen LogP) is 5.92. The Morgan fingerprint density at radius 1 is 0.971 bits per heavy atom. The summed E-state index contributed by atoms with van der Waals surface area (Å²) in [5, 5.41) is 18.9. The van der Waals surface area contributed by atoms with Crippen molar-refractivity contribution in [3.05, 3.63) is 34.9 Å². The second-order valence-corrected chi connectivity index (χ2v) is 9.42. The summed E-state index contributed by atoms with van der Waals surface area (Å²) >= 11 is 0. The normalized spacial score (nSPS) is 16.7. The minimum absolute atomic E-state index is 0.0734. The number of amides is 1. The number of aryl methyl sites for hydroxylation is 1. The van der Waals surface area contributed by atoms with Gasteiger partial charge in [0, 0.05) is 11.6 Å². The Morgan fingerprint density at radius 3 is 2.06 bits per heavy atom. The van der Waals surface area contributed by atoms with Crippen LogP contribution in [0.5, 0.6) is 0 Å². The predicted molar refractivity (Wildman–Crippen MR) is 126 cm³/mol. The van der Waals surface area contributed by atoms with E-state index in [-0.39, 0.29) is 36.9 Å². The molecule has 0 aromatic heterocycles. The Kier molecular flexibility index (Phi) is 10.9. The van der Waals surface area contributed by atoms with Crippen molar-refractivity contribution >= 4 is 18.0 Å². The van der Waals surface area contributed by atoms with Crippen molar-refractivity contribution in [1.29, 1.82) is 0 Å². The van der Waals surface area contributed by atoms with Crippen LogP contribution in [0.15, 0.2) is 12.1 Å². The third-order valence-corrected chi connectivity index (χ3v) is 7.04. The third-order valence-electron chi connectivity index (χ3n) is 7.04. The van der Waals surface area contributed by atoms with Gasteiger partial charge in [-0.25, -0.2) is 13.6 Å². The molecule has 9 heteroatoms. The van der Waals surface area contributed by atoms with Crippen molar-refractivity contribution in [3.63, 3.8) is 0 Å². The molecule has 196 valence electrons. The van der Waals surface area contributed by atoms with E-state index in [9.17, 15) is 33.4 Å². The van der Waals surface area contributed by atoms with Crippen LogP contribution in [0.3, 0.4) is 0 Å². The second-order valence-electron chi connectivity index (χ2n) is 9.42. The smallest absolute Gasteiger partial charge is 0.410 e. The van der Waals surface area contributed by atoms with Crippen LogP contribution >= 0.6 is 0 Å². The molecular formula is C26H37F2NO6. The highest BCUT2D eigenvalue weighted by molar-refractivity contribution is 5.98. The molecule has 7 nitrogen and oxygen atoms in total. The number of carbonyl (C=O) groups excluding carboxylic acids is 1. The van der Waals surface area contributed by atoms with Crippen LogP contribution in [0.2, 0.25) is 0 Å². The molecule has 0 radical (unpaired) electrons. The number of halogens is 2. The van der Waals surface area contributed by atoms with Gasteiger partial charge in [0.1, 0.15) is 0 Å². The number of methoxy groups -OCH3 is 1. The highest BCUT2D eigenvalue weighted by Gasteiger charge is 2.54. The summed E-state index contributed by atoms with van der Waals surface area (Å²) in [6.07, 6.45) is 7.92. The maximum atomic E-state index is 14.9. The van der Waals surface area contributed by atoms with Crippen LogP contribution in [0.25, 0.3) is 0 Å². The topological polar surface area (TPSA) is 104 Å². The fourth-order valence-electron chi connectivity index (χ4n) is 4.80. The molecule has 35 heavy (non-hydrogen) atoms. The maximum Gasteiger partial charge on any atom is 0.410 e. The molecule has 2 N–H and O–H groups in total. The largest absolute Gasteiger partial charge is 0.480 e. The number of rotatable bonds is 14. The van der Waals surface area contributed by atoms with Gasteiger partial charge in [-0.2, -0.15) is 0 Å². The molecule has 0 aliphatic heterocycles. The SMILES string of the molecule is CCCCCCCCCCc1ccc(CN(C(=O)OC)C2CCC(C(=O)O)(C(=O)O)C2)c(F)c1F. The fourth-order valence-corrected chi connectivity index (χ4v) is 4.80. The molecule has 1 unspecified atom stereocenters. The van der Waals surface area contributed by atoms with Crippen LogP contribution in [0.4, 0.5) is 13.6 Å². The molecule has 1 aromatic rings. The number of carboxylic acids is 2. The summed E-state index contributed by atoms with van der Waals surface area (Å²) in [5.41, 5.74) is -1.82. The molecule has 0 bridgehead atoms. The summed E-state index contributed by atoms with van der Waals surface area (Å²) in [7, 11) is 1.12. The lowest BCUT2D eigenvalue weighted by Gasteiger charge is -2.29. The summed E-state index contributed by atoms with van der Waals surface area (Å²) in [5.74, 6) is -4.98. The average Bonchev–Trinajstić information content (AvgIpc) is 3.29. The molecule has 2 rings (SSSR count).